The summed E-state index contributed by atoms with van der Waals surface area (Å²) in [6, 6.07) is 14.8. The second-order valence-electron chi connectivity index (χ2n) is 8.09. The third-order valence-electron chi connectivity index (χ3n) is 6.17. The summed E-state index contributed by atoms with van der Waals surface area (Å²) in [5, 5.41) is 14.8. The SMILES string of the molecule is CSC1CCC1NC(=O)C(CC(=O)O)NC(=O)OCC1c2ccccc2-c2ccccc21. The lowest BCUT2D eigenvalue weighted by Crippen LogP contribution is -2.55. The number of carbonyl (C=O) groups is 3. The molecule has 32 heavy (non-hydrogen) atoms. The molecule has 2 aromatic carbocycles. The molecule has 3 unspecified atom stereocenters. The Balaban J connectivity index is 1.39. The Morgan fingerprint density at radius 3 is 2.22 bits per heavy atom. The van der Waals surface area contributed by atoms with Gasteiger partial charge in [0.05, 0.1) is 6.42 Å². The van der Waals surface area contributed by atoms with Gasteiger partial charge in [-0.25, -0.2) is 4.79 Å². The highest BCUT2D eigenvalue weighted by molar-refractivity contribution is 7.99. The Kier molecular flexibility index (Phi) is 6.69. The third kappa shape index (κ3) is 4.60. The maximum absolute atomic E-state index is 12.6. The van der Waals surface area contributed by atoms with E-state index < -0.39 is 30.4 Å². The molecule has 2 aliphatic rings. The first kappa shape index (κ1) is 22.2. The molecule has 0 heterocycles. The van der Waals surface area contributed by atoms with E-state index in [1.54, 1.807) is 11.8 Å². The van der Waals surface area contributed by atoms with Crippen molar-refractivity contribution in [3.05, 3.63) is 59.7 Å². The van der Waals surface area contributed by atoms with Gasteiger partial charge in [0.2, 0.25) is 5.91 Å². The highest BCUT2D eigenvalue weighted by Gasteiger charge is 2.35. The number of rotatable bonds is 8. The van der Waals surface area contributed by atoms with Crippen LogP contribution in [0.2, 0.25) is 0 Å². The smallest absolute Gasteiger partial charge is 0.407 e. The fourth-order valence-corrected chi connectivity index (χ4v) is 5.27. The molecule has 0 saturated heterocycles. The third-order valence-corrected chi connectivity index (χ3v) is 7.34. The van der Waals surface area contributed by atoms with Gasteiger partial charge in [-0.1, -0.05) is 48.5 Å². The van der Waals surface area contributed by atoms with Gasteiger partial charge in [-0.3, -0.25) is 9.59 Å². The summed E-state index contributed by atoms with van der Waals surface area (Å²) in [5.41, 5.74) is 4.39. The second-order valence-corrected chi connectivity index (χ2v) is 9.16. The number of carboxylic acid groups (broad SMARTS) is 1. The van der Waals surface area contributed by atoms with Crippen molar-refractivity contribution in [1.82, 2.24) is 10.6 Å². The molecule has 8 heteroatoms. The minimum absolute atomic E-state index is 0.00175. The number of thioether (sulfide) groups is 1. The molecule has 0 aromatic heterocycles. The fraction of sp³-hybridized carbons (Fsp3) is 0.375. The van der Waals surface area contributed by atoms with Gasteiger partial charge in [0.15, 0.2) is 0 Å². The molecule has 0 radical (unpaired) electrons. The summed E-state index contributed by atoms with van der Waals surface area (Å²) < 4.78 is 5.46. The fourth-order valence-electron chi connectivity index (χ4n) is 4.37. The molecule has 2 amide bonds. The highest BCUT2D eigenvalue weighted by Crippen LogP contribution is 2.44. The van der Waals surface area contributed by atoms with Crippen molar-refractivity contribution in [3.63, 3.8) is 0 Å². The molecule has 0 aliphatic heterocycles. The molecule has 2 aliphatic carbocycles. The van der Waals surface area contributed by atoms with Gasteiger partial charge >= 0.3 is 12.1 Å². The van der Waals surface area contributed by atoms with Gasteiger partial charge < -0.3 is 20.5 Å². The molecule has 2 aromatic rings. The van der Waals surface area contributed by atoms with Crippen LogP contribution in [0.1, 0.15) is 36.3 Å². The van der Waals surface area contributed by atoms with E-state index >= 15 is 0 Å². The number of nitrogens with one attached hydrogen (secondary N) is 2. The minimum Gasteiger partial charge on any atom is -0.481 e. The number of fused-ring (bicyclic) bond motifs is 3. The zero-order valence-corrected chi connectivity index (χ0v) is 18.6. The average Bonchev–Trinajstić information content (AvgIpc) is 3.08. The molecule has 3 atom stereocenters. The molecular weight excluding hydrogens is 428 g/mol. The summed E-state index contributed by atoms with van der Waals surface area (Å²) >= 11 is 1.67. The normalized spacial score (nSPS) is 19.8. The van der Waals surface area contributed by atoms with E-state index in [9.17, 15) is 19.5 Å². The standard InChI is InChI=1S/C24H26N2O5S/c1-32-21-11-10-19(21)25-23(29)20(12-22(27)28)26-24(30)31-13-18-16-8-4-2-6-14(16)15-7-3-5-9-17(15)18/h2-9,18-21H,10-13H2,1H3,(H,25,29)(H,26,30)(H,27,28). The van der Waals surface area contributed by atoms with Gasteiger partial charge in [-0.15, -0.1) is 0 Å². The zero-order valence-electron chi connectivity index (χ0n) is 17.7. The molecule has 1 fully saturated rings. The molecule has 7 nitrogen and oxygen atoms in total. The van der Waals surface area contributed by atoms with Crippen LogP contribution in [0.3, 0.4) is 0 Å². The topological polar surface area (TPSA) is 105 Å². The van der Waals surface area contributed by atoms with Crippen LogP contribution in [0.15, 0.2) is 48.5 Å². The van der Waals surface area contributed by atoms with Crippen molar-refractivity contribution < 1.29 is 24.2 Å². The Bertz CT molecular complexity index is 979. The van der Waals surface area contributed by atoms with Gasteiger partial charge in [0.1, 0.15) is 12.6 Å². The van der Waals surface area contributed by atoms with E-state index in [2.05, 4.69) is 10.6 Å². The van der Waals surface area contributed by atoms with Gasteiger partial charge in [0, 0.05) is 17.2 Å². The number of carboxylic acids is 1. The van der Waals surface area contributed by atoms with Gasteiger partial charge in [-0.05, 0) is 41.4 Å². The molecule has 0 spiro atoms. The number of aliphatic carboxylic acids is 1. The summed E-state index contributed by atoms with van der Waals surface area (Å²) in [4.78, 5) is 36.4. The monoisotopic (exact) mass is 454 g/mol. The summed E-state index contributed by atoms with van der Waals surface area (Å²) in [5.74, 6) is -1.78. The molecule has 3 N–H and O–H groups in total. The van der Waals surface area contributed by atoms with E-state index in [-0.39, 0.29) is 18.6 Å². The van der Waals surface area contributed by atoms with Crippen molar-refractivity contribution in [3.8, 4) is 11.1 Å². The first-order valence-corrected chi connectivity index (χ1v) is 11.9. The predicted octanol–water partition coefficient (Wildman–Crippen LogP) is 3.38. The van der Waals surface area contributed by atoms with Crippen LogP contribution < -0.4 is 10.6 Å². The number of carbonyl (C=O) groups excluding carboxylic acids is 2. The van der Waals surface area contributed by atoms with Crippen molar-refractivity contribution in [2.24, 2.45) is 0 Å². The largest absolute Gasteiger partial charge is 0.481 e. The Morgan fingerprint density at radius 2 is 1.69 bits per heavy atom. The number of hydrogen-bond acceptors (Lipinski definition) is 5. The van der Waals surface area contributed by atoms with Crippen molar-refractivity contribution in [2.75, 3.05) is 12.9 Å². The Labute approximate surface area is 190 Å². The molecule has 168 valence electrons. The maximum Gasteiger partial charge on any atom is 0.407 e. The van der Waals surface area contributed by atoms with Crippen molar-refractivity contribution in [2.45, 2.75) is 42.5 Å². The quantitative estimate of drug-likeness (QED) is 0.565. The Morgan fingerprint density at radius 1 is 1.06 bits per heavy atom. The van der Waals surface area contributed by atoms with Gasteiger partial charge in [0.25, 0.3) is 0 Å². The lowest BCUT2D eigenvalue weighted by atomic mass is 9.92. The van der Waals surface area contributed by atoms with Crippen LogP contribution in [-0.2, 0) is 14.3 Å². The van der Waals surface area contributed by atoms with Crippen molar-refractivity contribution in [1.29, 1.82) is 0 Å². The number of ether oxygens (including phenoxy) is 1. The minimum atomic E-state index is -1.19. The van der Waals surface area contributed by atoms with Crippen LogP contribution in [0.5, 0.6) is 0 Å². The van der Waals surface area contributed by atoms with Gasteiger partial charge in [-0.2, -0.15) is 11.8 Å². The zero-order chi connectivity index (χ0) is 22.7. The highest BCUT2D eigenvalue weighted by atomic mass is 32.2. The van der Waals surface area contributed by atoms with E-state index in [0.29, 0.717) is 5.25 Å². The molecule has 4 rings (SSSR count). The first-order valence-electron chi connectivity index (χ1n) is 10.6. The number of benzene rings is 2. The maximum atomic E-state index is 12.6. The van der Waals surface area contributed by atoms with Crippen LogP contribution in [-0.4, -0.2) is 53.3 Å². The van der Waals surface area contributed by atoms with E-state index in [4.69, 9.17) is 4.74 Å². The van der Waals surface area contributed by atoms with E-state index in [1.165, 1.54) is 0 Å². The Hall–Kier alpha value is -3.00. The van der Waals surface area contributed by atoms with E-state index in [0.717, 1.165) is 35.1 Å². The van der Waals surface area contributed by atoms with Crippen LogP contribution in [0.25, 0.3) is 11.1 Å². The van der Waals surface area contributed by atoms with Crippen LogP contribution in [0.4, 0.5) is 4.79 Å². The first-order chi connectivity index (χ1) is 15.5. The number of amides is 2. The number of hydrogen-bond donors (Lipinski definition) is 3. The predicted molar refractivity (Wildman–Crippen MR) is 123 cm³/mol. The molecular formula is C24H26N2O5S. The van der Waals surface area contributed by atoms with E-state index in [1.807, 2.05) is 54.8 Å². The lowest BCUT2D eigenvalue weighted by molar-refractivity contribution is -0.140. The summed E-state index contributed by atoms with van der Waals surface area (Å²) in [7, 11) is 0. The van der Waals surface area contributed by atoms with Crippen molar-refractivity contribution >= 4 is 29.7 Å². The molecule has 0 bridgehead atoms. The number of alkyl carbamates (subject to hydrolysis) is 1. The summed E-state index contributed by atoms with van der Waals surface area (Å²) in [6.07, 6.45) is 2.53. The van der Waals surface area contributed by atoms with Crippen LogP contribution >= 0.6 is 11.8 Å². The lowest BCUT2D eigenvalue weighted by Gasteiger charge is -2.36. The van der Waals surface area contributed by atoms with Crippen LogP contribution in [0, 0.1) is 0 Å². The summed E-state index contributed by atoms with van der Waals surface area (Å²) in [6.45, 7) is 0.0957. The average molecular weight is 455 g/mol. The second kappa shape index (κ2) is 9.65. The molecule has 1 saturated carbocycles.